The van der Waals surface area contributed by atoms with Crippen LogP contribution in [0.25, 0.3) is 11.0 Å². The molecule has 3 aromatic rings. The van der Waals surface area contributed by atoms with Crippen molar-refractivity contribution in [3.05, 3.63) is 48.5 Å². The minimum atomic E-state index is -0.505. The number of amides is 1. The summed E-state index contributed by atoms with van der Waals surface area (Å²) in [7, 11) is 0. The van der Waals surface area contributed by atoms with Gasteiger partial charge in [-0.15, -0.1) is 0 Å². The van der Waals surface area contributed by atoms with Crippen LogP contribution in [0.1, 0.15) is 18.4 Å². The first kappa shape index (κ1) is 15.8. The molecule has 25 heavy (non-hydrogen) atoms. The molecule has 3 N–H and O–H groups in total. The Balaban J connectivity index is 1.36. The highest BCUT2D eigenvalue weighted by Crippen LogP contribution is 2.27. The number of carbonyl (C=O) groups excluding carboxylic acids is 1. The molecule has 1 amide bonds. The second-order valence-corrected chi connectivity index (χ2v) is 6.70. The van der Waals surface area contributed by atoms with Crippen LogP contribution in [0.5, 0.6) is 0 Å². The molecule has 0 bridgehead atoms. The van der Waals surface area contributed by atoms with E-state index in [2.05, 4.69) is 20.4 Å². The number of H-pyrrole nitrogens is 1. The highest BCUT2D eigenvalue weighted by molar-refractivity contribution is 5.87. The molecule has 0 radical (unpaired) electrons. The Bertz CT molecular complexity index is 857. The number of aromatic nitrogens is 4. The fourth-order valence-electron chi connectivity index (χ4n) is 3.69. The van der Waals surface area contributed by atoms with Crippen molar-refractivity contribution in [3.8, 4) is 0 Å². The van der Waals surface area contributed by atoms with E-state index in [1.165, 1.54) is 0 Å². The van der Waals surface area contributed by atoms with Crippen LogP contribution in [-0.4, -0.2) is 42.9 Å². The van der Waals surface area contributed by atoms with Gasteiger partial charge >= 0.3 is 0 Å². The van der Waals surface area contributed by atoms with Gasteiger partial charge in [-0.25, -0.2) is 4.98 Å². The standard InChI is InChI=1S/C18H21N5O2/c24-16-8-12(11-23-6-2-5-21-23)7-15(16)22-17(25)9-13-10-20-18-14(13)3-1-4-19-18/h1-6,10,12,15-16,24H,7-9,11H2,(H,19,20)(H,22,25)/t12?,15-,16-/m1/s1. The van der Waals surface area contributed by atoms with Gasteiger partial charge in [0.2, 0.25) is 5.91 Å². The Morgan fingerprint density at radius 3 is 3.12 bits per heavy atom. The van der Waals surface area contributed by atoms with Gasteiger partial charge in [-0.3, -0.25) is 9.48 Å². The molecule has 1 saturated carbocycles. The molecule has 1 aliphatic carbocycles. The van der Waals surface area contributed by atoms with E-state index in [1.807, 2.05) is 35.3 Å². The number of aliphatic hydroxyl groups is 1. The van der Waals surface area contributed by atoms with Crippen molar-refractivity contribution in [2.24, 2.45) is 5.92 Å². The second-order valence-electron chi connectivity index (χ2n) is 6.70. The molecular formula is C18H21N5O2. The van der Waals surface area contributed by atoms with E-state index in [0.717, 1.165) is 29.6 Å². The average Bonchev–Trinajstić information content (AvgIpc) is 3.31. The minimum absolute atomic E-state index is 0.0754. The molecule has 1 fully saturated rings. The fraction of sp³-hybridized carbons (Fsp3) is 0.389. The molecule has 3 aromatic heterocycles. The highest BCUT2D eigenvalue weighted by Gasteiger charge is 2.34. The van der Waals surface area contributed by atoms with Gasteiger partial charge in [-0.1, -0.05) is 0 Å². The van der Waals surface area contributed by atoms with Crippen LogP contribution in [0.3, 0.4) is 0 Å². The van der Waals surface area contributed by atoms with Gasteiger partial charge in [-0.05, 0) is 42.5 Å². The number of rotatable bonds is 5. The highest BCUT2D eigenvalue weighted by atomic mass is 16.3. The van der Waals surface area contributed by atoms with Crippen LogP contribution in [0, 0.1) is 5.92 Å². The normalized spacial score (nSPS) is 23.2. The summed E-state index contributed by atoms with van der Waals surface area (Å²) in [4.78, 5) is 19.7. The molecule has 7 heteroatoms. The van der Waals surface area contributed by atoms with Crippen molar-refractivity contribution >= 4 is 16.9 Å². The van der Waals surface area contributed by atoms with Gasteiger partial charge in [0.15, 0.2) is 0 Å². The molecule has 1 unspecified atom stereocenters. The number of aliphatic hydroxyl groups excluding tert-OH is 1. The van der Waals surface area contributed by atoms with Crippen molar-refractivity contribution in [1.29, 1.82) is 0 Å². The van der Waals surface area contributed by atoms with Gasteiger partial charge in [0.25, 0.3) is 0 Å². The number of nitrogens with one attached hydrogen (secondary N) is 2. The average molecular weight is 339 g/mol. The maximum Gasteiger partial charge on any atom is 0.224 e. The summed E-state index contributed by atoms with van der Waals surface area (Å²) in [6.45, 7) is 0.768. The van der Waals surface area contributed by atoms with Gasteiger partial charge in [0.05, 0.1) is 18.6 Å². The number of carbonyl (C=O) groups is 1. The van der Waals surface area contributed by atoms with E-state index in [9.17, 15) is 9.90 Å². The quantitative estimate of drug-likeness (QED) is 0.652. The number of nitrogens with zero attached hydrogens (tertiary/aromatic N) is 3. The topological polar surface area (TPSA) is 95.8 Å². The number of aromatic amines is 1. The third kappa shape index (κ3) is 3.41. The predicted molar refractivity (Wildman–Crippen MR) is 92.7 cm³/mol. The van der Waals surface area contributed by atoms with E-state index < -0.39 is 6.10 Å². The van der Waals surface area contributed by atoms with Gasteiger partial charge in [-0.2, -0.15) is 5.10 Å². The van der Waals surface area contributed by atoms with E-state index in [1.54, 1.807) is 12.4 Å². The summed E-state index contributed by atoms with van der Waals surface area (Å²) in [5.41, 5.74) is 1.70. The van der Waals surface area contributed by atoms with Crippen molar-refractivity contribution in [2.75, 3.05) is 0 Å². The summed E-state index contributed by atoms with van der Waals surface area (Å²) >= 11 is 0. The largest absolute Gasteiger partial charge is 0.391 e. The van der Waals surface area contributed by atoms with E-state index in [-0.39, 0.29) is 18.4 Å². The Morgan fingerprint density at radius 2 is 2.28 bits per heavy atom. The summed E-state index contributed by atoms with van der Waals surface area (Å²) < 4.78 is 1.88. The third-order valence-electron chi connectivity index (χ3n) is 4.87. The maximum atomic E-state index is 12.4. The third-order valence-corrected chi connectivity index (χ3v) is 4.87. The first-order valence-electron chi connectivity index (χ1n) is 8.55. The summed E-state index contributed by atoms with van der Waals surface area (Å²) in [6.07, 6.45) is 8.43. The second kappa shape index (κ2) is 6.68. The summed E-state index contributed by atoms with van der Waals surface area (Å²) in [6, 6.07) is 5.50. The van der Waals surface area contributed by atoms with Crippen LogP contribution >= 0.6 is 0 Å². The molecule has 0 spiro atoms. The number of hydrogen-bond acceptors (Lipinski definition) is 4. The lowest BCUT2D eigenvalue weighted by Gasteiger charge is -2.16. The SMILES string of the molecule is O=C(Cc1c[nH]c2ncccc12)N[C@@H]1CC(Cn2cccn2)C[C@H]1O. The molecule has 3 atom stereocenters. The molecule has 1 aliphatic rings. The van der Waals surface area contributed by atoms with E-state index in [0.29, 0.717) is 12.3 Å². The molecule has 7 nitrogen and oxygen atoms in total. The van der Waals surface area contributed by atoms with Gasteiger partial charge in [0.1, 0.15) is 5.65 Å². The Morgan fingerprint density at radius 1 is 1.36 bits per heavy atom. The number of pyridine rings is 1. The van der Waals surface area contributed by atoms with Crippen molar-refractivity contribution in [2.45, 2.75) is 38.0 Å². The maximum absolute atomic E-state index is 12.4. The zero-order valence-corrected chi connectivity index (χ0v) is 13.8. The predicted octanol–water partition coefficient (Wildman–Crippen LogP) is 1.26. The Labute approximate surface area is 145 Å². The summed E-state index contributed by atoms with van der Waals surface area (Å²) in [5.74, 6) is 0.242. The van der Waals surface area contributed by atoms with Crippen LogP contribution in [0.4, 0.5) is 0 Å². The number of hydrogen-bond donors (Lipinski definition) is 3. The molecule has 4 rings (SSSR count). The zero-order chi connectivity index (χ0) is 17.2. The van der Waals surface area contributed by atoms with Gasteiger partial charge < -0.3 is 15.4 Å². The zero-order valence-electron chi connectivity index (χ0n) is 13.8. The van der Waals surface area contributed by atoms with Crippen molar-refractivity contribution < 1.29 is 9.90 Å². The lowest BCUT2D eigenvalue weighted by atomic mass is 10.1. The van der Waals surface area contributed by atoms with Crippen LogP contribution < -0.4 is 5.32 Å². The van der Waals surface area contributed by atoms with E-state index >= 15 is 0 Å². The van der Waals surface area contributed by atoms with Crippen molar-refractivity contribution in [3.63, 3.8) is 0 Å². The minimum Gasteiger partial charge on any atom is -0.391 e. The molecule has 130 valence electrons. The van der Waals surface area contributed by atoms with E-state index in [4.69, 9.17) is 0 Å². The molecule has 0 aromatic carbocycles. The molecule has 3 heterocycles. The van der Waals surface area contributed by atoms with Crippen LogP contribution in [0.15, 0.2) is 43.0 Å². The molecule has 0 saturated heterocycles. The molecular weight excluding hydrogens is 318 g/mol. The van der Waals surface area contributed by atoms with Crippen LogP contribution in [-0.2, 0) is 17.8 Å². The van der Waals surface area contributed by atoms with Crippen LogP contribution in [0.2, 0.25) is 0 Å². The lowest BCUT2D eigenvalue weighted by molar-refractivity contribution is -0.121. The first-order chi connectivity index (χ1) is 12.2. The smallest absolute Gasteiger partial charge is 0.224 e. The monoisotopic (exact) mass is 339 g/mol. The lowest BCUT2D eigenvalue weighted by Crippen LogP contribution is -2.40. The number of fused-ring (bicyclic) bond motifs is 1. The Hall–Kier alpha value is -2.67. The summed E-state index contributed by atoms with van der Waals surface area (Å²) in [5, 5.41) is 18.4. The van der Waals surface area contributed by atoms with Gasteiger partial charge in [0, 0.05) is 36.7 Å². The van der Waals surface area contributed by atoms with Crippen molar-refractivity contribution in [1.82, 2.24) is 25.1 Å². The first-order valence-corrected chi connectivity index (χ1v) is 8.55. The Kier molecular flexibility index (Phi) is 4.23. The molecule has 0 aliphatic heterocycles. The fourth-order valence-corrected chi connectivity index (χ4v) is 3.69.